The molecule has 2 N–H and O–H groups in total. The van der Waals surface area contributed by atoms with Gasteiger partial charge in [0.25, 0.3) is 11.8 Å². The summed E-state index contributed by atoms with van der Waals surface area (Å²) in [5.74, 6) is -4.41. The molecule has 0 bridgehead atoms. The standard InChI is InChI=1S/C21H20F2N2O5/c1-11-16(19(24)26)18-15(30-11)6-5-14(17(18)13-9-28-10-21(13,22)23)29-8-12-4-3-7-25-20(12)27-2/h3-7,13H,8-10H2,1-2H3,(H2,24,26). The van der Waals surface area contributed by atoms with Crippen LogP contribution in [0.3, 0.4) is 0 Å². The minimum atomic E-state index is -3.14. The van der Waals surface area contributed by atoms with Crippen LogP contribution < -0.4 is 15.2 Å². The molecule has 1 fully saturated rings. The normalized spacial score (nSPS) is 17.9. The van der Waals surface area contributed by atoms with Gasteiger partial charge in [0, 0.05) is 17.1 Å². The fourth-order valence-corrected chi connectivity index (χ4v) is 3.79. The van der Waals surface area contributed by atoms with Gasteiger partial charge in [-0.25, -0.2) is 13.8 Å². The number of furan rings is 1. The van der Waals surface area contributed by atoms with Gasteiger partial charge >= 0.3 is 0 Å². The van der Waals surface area contributed by atoms with E-state index in [0.29, 0.717) is 11.4 Å². The number of alkyl halides is 2. The molecule has 158 valence electrons. The molecule has 1 atom stereocenters. The second-order valence-electron chi connectivity index (χ2n) is 7.04. The number of hydrogen-bond donors (Lipinski definition) is 1. The van der Waals surface area contributed by atoms with Crippen LogP contribution in [0.2, 0.25) is 0 Å². The van der Waals surface area contributed by atoms with Gasteiger partial charge in [-0.2, -0.15) is 0 Å². The summed E-state index contributed by atoms with van der Waals surface area (Å²) in [5, 5.41) is 0.228. The molecule has 2 aromatic heterocycles. The smallest absolute Gasteiger partial charge is 0.280 e. The van der Waals surface area contributed by atoms with Crippen LogP contribution in [0.15, 0.2) is 34.9 Å². The fraction of sp³-hybridized carbons (Fsp3) is 0.333. The van der Waals surface area contributed by atoms with Crippen LogP contribution in [0, 0.1) is 6.92 Å². The van der Waals surface area contributed by atoms with E-state index in [2.05, 4.69) is 4.98 Å². The van der Waals surface area contributed by atoms with Crippen molar-refractivity contribution in [2.75, 3.05) is 20.3 Å². The average molecular weight is 418 g/mol. The lowest BCUT2D eigenvalue weighted by molar-refractivity contribution is -0.0184. The number of nitrogens with two attached hydrogens (primary N) is 1. The van der Waals surface area contributed by atoms with Crippen molar-refractivity contribution in [3.05, 3.63) is 52.9 Å². The number of methoxy groups -OCH3 is 1. The number of hydrogen-bond acceptors (Lipinski definition) is 6. The zero-order valence-corrected chi connectivity index (χ0v) is 16.4. The molecule has 0 radical (unpaired) electrons. The molecule has 1 aromatic carbocycles. The highest BCUT2D eigenvalue weighted by molar-refractivity contribution is 6.08. The largest absolute Gasteiger partial charge is 0.488 e. The Morgan fingerprint density at radius 3 is 2.83 bits per heavy atom. The number of rotatable bonds is 6. The molecule has 4 rings (SSSR count). The van der Waals surface area contributed by atoms with Crippen molar-refractivity contribution < 1.29 is 32.2 Å². The van der Waals surface area contributed by atoms with E-state index in [1.54, 1.807) is 37.4 Å². The molecule has 1 saturated heterocycles. The van der Waals surface area contributed by atoms with Crippen LogP contribution in [0.1, 0.15) is 33.2 Å². The number of benzene rings is 1. The third-order valence-electron chi connectivity index (χ3n) is 5.14. The van der Waals surface area contributed by atoms with E-state index in [4.69, 9.17) is 24.4 Å². The van der Waals surface area contributed by atoms with Crippen molar-refractivity contribution in [2.24, 2.45) is 5.73 Å². The first-order valence-corrected chi connectivity index (χ1v) is 9.25. The Morgan fingerprint density at radius 1 is 1.37 bits per heavy atom. The number of halogens is 2. The summed E-state index contributed by atoms with van der Waals surface area (Å²) in [7, 11) is 1.48. The first kappa shape index (κ1) is 20.1. The van der Waals surface area contributed by atoms with Gasteiger partial charge in [-0.15, -0.1) is 0 Å². The summed E-state index contributed by atoms with van der Waals surface area (Å²) in [5.41, 5.74) is 6.65. The third-order valence-corrected chi connectivity index (χ3v) is 5.14. The van der Waals surface area contributed by atoms with Gasteiger partial charge < -0.3 is 24.4 Å². The predicted octanol–water partition coefficient (Wildman–Crippen LogP) is 3.57. The van der Waals surface area contributed by atoms with Gasteiger partial charge in [-0.3, -0.25) is 4.79 Å². The molecule has 3 heterocycles. The van der Waals surface area contributed by atoms with E-state index >= 15 is 0 Å². The van der Waals surface area contributed by atoms with Crippen LogP contribution in [-0.2, 0) is 11.3 Å². The number of ether oxygens (including phenoxy) is 3. The molecule has 1 unspecified atom stereocenters. The van der Waals surface area contributed by atoms with E-state index in [9.17, 15) is 13.6 Å². The summed E-state index contributed by atoms with van der Waals surface area (Å²) in [6, 6.07) is 6.59. The molecular weight excluding hydrogens is 398 g/mol. The van der Waals surface area contributed by atoms with Crippen LogP contribution in [-0.4, -0.2) is 37.1 Å². The Morgan fingerprint density at radius 2 is 2.17 bits per heavy atom. The third kappa shape index (κ3) is 3.35. The number of fused-ring (bicyclic) bond motifs is 1. The highest BCUT2D eigenvalue weighted by Crippen LogP contribution is 2.47. The molecule has 0 saturated carbocycles. The fourth-order valence-electron chi connectivity index (χ4n) is 3.79. The molecule has 1 amide bonds. The highest BCUT2D eigenvalue weighted by atomic mass is 19.3. The van der Waals surface area contributed by atoms with Crippen molar-refractivity contribution >= 4 is 16.9 Å². The van der Waals surface area contributed by atoms with Gasteiger partial charge in [-0.05, 0) is 31.2 Å². The van der Waals surface area contributed by atoms with E-state index in [0.717, 1.165) is 0 Å². The Balaban J connectivity index is 1.86. The van der Waals surface area contributed by atoms with Gasteiger partial charge in [-0.1, -0.05) is 0 Å². The summed E-state index contributed by atoms with van der Waals surface area (Å²) < 4.78 is 51.1. The second-order valence-corrected chi connectivity index (χ2v) is 7.04. The molecule has 1 aliphatic heterocycles. The average Bonchev–Trinajstić information content (AvgIpc) is 3.23. The molecule has 7 nitrogen and oxygen atoms in total. The van der Waals surface area contributed by atoms with Gasteiger partial charge in [0.05, 0.1) is 30.8 Å². The van der Waals surface area contributed by atoms with Crippen LogP contribution in [0.5, 0.6) is 11.6 Å². The molecule has 9 heteroatoms. The van der Waals surface area contributed by atoms with Gasteiger partial charge in [0.15, 0.2) is 0 Å². The maximum Gasteiger partial charge on any atom is 0.280 e. The van der Waals surface area contributed by atoms with Gasteiger partial charge in [0.1, 0.15) is 30.3 Å². The summed E-state index contributed by atoms with van der Waals surface area (Å²) in [6.45, 7) is 0.652. The predicted molar refractivity (Wildman–Crippen MR) is 103 cm³/mol. The van der Waals surface area contributed by atoms with Crippen molar-refractivity contribution in [1.29, 1.82) is 0 Å². The maximum atomic E-state index is 14.7. The van der Waals surface area contributed by atoms with Crippen molar-refractivity contribution in [1.82, 2.24) is 4.98 Å². The highest BCUT2D eigenvalue weighted by Gasteiger charge is 2.48. The lowest BCUT2D eigenvalue weighted by atomic mass is 9.89. The quantitative estimate of drug-likeness (QED) is 0.657. The van der Waals surface area contributed by atoms with E-state index in [1.165, 1.54) is 7.11 Å². The van der Waals surface area contributed by atoms with Crippen LogP contribution in [0.25, 0.3) is 11.0 Å². The molecule has 3 aromatic rings. The zero-order chi connectivity index (χ0) is 21.5. The maximum absolute atomic E-state index is 14.7. The number of amides is 1. The Kier molecular flexibility index (Phi) is 5.07. The van der Waals surface area contributed by atoms with Crippen LogP contribution >= 0.6 is 0 Å². The van der Waals surface area contributed by atoms with Gasteiger partial charge in [0.2, 0.25) is 5.88 Å². The Bertz CT molecular complexity index is 1110. The van der Waals surface area contributed by atoms with Crippen molar-refractivity contribution in [3.8, 4) is 11.6 Å². The SMILES string of the molecule is COc1ncccc1COc1ccc2oc(C)c(C(N)=O)c2c1C1COCC1(F)F. The molecular formula is C21H20F2N2O5. The first-order chi connectivity index (χ1) is 14.3. The van der Waals surface area contributed by atoms with Crippen LogP contribution in [0.4, 0.5) is 8.78 Å². The number of primary amides is 1. The molecule has 0 aliphatic carbocycles. The Hall–Kier alpha value is -3.20. The second kappa shape index (κ2) is 7.56. The number of nitrogens with zero attached hydrogens (tertiary/aromatic N) is 1. The first-order valence-electron chi connectivity index (χ1n) is 9.25. The molecule has 0 spiro atoms. The lowest BCUT2D eigenvalue weighted by Crippen LogP contribution is -2.25. The minimum absolute atomic E-state index is 0.0252. The minimum Gasteiger partial charge on any atom is -0.488 e. The Labute approximate surface area is 170 Å². The monoisotopic (exact) mass is 418 g/mol. The number of carbonyl (C=O) groups excluding carboxylic acids is 1. The van der Waals surface area contributed by atoms with E-state index in [-0.39, 0.29) is 46.8 Å². The number of aryl methyl sites for hydroxylation is 1. The summed E-state index contributed by atoms with van der Waals surface area (Å²) >= 11 is 0. The molecule has 30 heavy (non-hydrogen) atoms. The van der Waals surface area contributed by atoms with E-state index < -0.39 is 24.4 Å². The number of aromatic nitrogens is 1. The number of pyridine rings is 1. The summed E-state index contributed by atoms with van der Waals surface area (Å²) in [4.78, 5) is 16.2. The molecule has 1 aliphatic rings. The lowest BCUT2D eigenvalue weighted by Gasteiger charge is -2.22. The zero-order valence-electron chi connectivity index (χ0n) is 16.4. The number of carbonyl (C=O) groups is 1. The van der Waals surface area contributed by atoms with Crippen molar-refractivity contribution in [3.63, 3.8) is 0 Å². The van der Waals surface area contributed by atoms with Crippen molar-refractivity contribution in [2.45, 2.75) is 25.4 Å². The van der Waals surface area contributed by atoms with E-state index in [1.807, 2.05) is 0 Å². The topological polar surface area (TPSA) is 96.8 Å². The summed E-state index contributed by atoms with van der Waals surface area (Å²) in [6.07, 6.45) is 1.57.